The van der Waals surface area contributed by atoms with Crippen LogP contribution in [-0.4, -0.2) is 51.4 Å². The van der Waals surface area contributed by atoms with E-state index in [-0.39, 0.29) is 24.2 Å². The number of ketones is 1. The highest BCUT2D eigenvalue weighted by Crippen LogP contribution is 2.31. The summed E-state index contributed by atoms with van der Waals surface area (Å²) in [5, 5.41) is 10.1. The molecule has 3 N–H and O–H groups in total. The third-order valence-corrected chi connectivity index (χ3v) is 7.42. The Kier molecular flexibility index (Phi) is 7.53. The quantitative estimate of drug-likeness (QED) is 0.657. The van der Waals surface area contributed by atoms with E-state index in [0.717, 1.165) is 11.3 Å². The molecule has 0 aliphatic carbocycles. The van der Waals surface area contributed by atoms with Crippen LogP contribution in [0.25, 0.3) is 10.4 Å². The van der Waals surface area contributed by atoms with Crippen LogP contribution in [0.5, 0.6) is 0 Å². The molecule has 0 spiro atoms. The van der Waals surface area contributed by atoms with E-state index in [1.807, 2.05) is 33.2 Å². The molecule has 1 aromatic carbocycles. The second-order valence-electron chi connectivity index (χ2n) is 10.0. The molecule has 1 aliphatic rings. The number of rotatable bonds is 7. The van der Waals surface area contributed by atoms with Crippen LogP contribution in [0.1, 0.15) is 64.1 Å². The molecule has 3 rings (SSSR count). The lowest BCUT2D eigenvalue weighted by molar-refractivity contribution is -0.140. The molecule has 0 saturated carbocycles. The van der Waals surface area contributed by atoms with Crippen molar-refractivity contribution >= 4 is 23.0 Å². The Labute approximate surface area is 194 Å². The summed E-state index contributed by atoms with van der Waals surface area (Å²) < 4.78 is 0. The first-order valence-corrected chi connectivity index (χ1v) is 12.1. The molecule has 32 heavy (non-hydrogen) atoms. The number of aryl methyl sites for hydroxylation is 1. The molecule has 0 radical (unpaired) electrons. The largest absolute Gasteiger partial charge is 0.391 e. The van der Waals surface area contributed by atoms with Gasteiger partial charge in [-0.3, -0.25) is 9.59 Å². The van der Waals surface area contributed by atoms with Crippen molar-refractivity contribution in [2.45, 2.75) is 78.0 Å². The lowest BCUT2D eigenvalue weighted by atomic mass is 9.86. The molecule has 1 saturated heterocycles. The second kappa shape index (κ2) is 9.81. The van der Waals surface area contributed by atoms with Gasteiger partial charge in [0.1, 0.15) is 0 Å². The van der Waals surface area contributed by atoms with Crippen molar-refractivity contribution < 1.29 is 14.7 Å². The maximum absolute atomic E-state index is 13.0. The predicted molar refractivity (Wildman–Crippen MR) is 128 cm³/mol. The Balaban J connectivity index is 1.61. The smallest absolute Gasteiger partial charge is 0.240 e. The lowest BCUT2D eigenvalue weighted by Gasteiger charge is -2.32. The number of hydrogen-bond acceptors (Lipinski definition) is 6. The number of nitrogens with zero attached hydrogens (tertiary/aromatic N) is 2. The highest BCUT2D eigenvalue weighted by atomic mass is 32.1. The van der Waals surface area contributed by atoms with E-state index >= 15 is 0 Å². The lowest BCUT2D eigenvalue weighted by Crippen LogP contribution is -2.53. The van der Waals surface area contributed by atoms with Gasteiger partial charge >= 0.3 is 0 Å². The Morgan fingerprint density at radius 1 is 1.28 bits per heavy atom. The van der Waals surface area contributed by atoms with Crippen LogP contribution in [0.3, 0.4) is 0 Å². The Hall–Kier alpha value is -2.09. The van der Waals surface area contributed by atoms with Crippen LogP contribution >= 0.6 is 11.3 Å². The number of benzene rings is 1. The van der Waals surface area contributed by atoms with E-state index in [1.165, 1.54) is 15.3 Å². The Morgan fingerprint density at radius 2 is 1.94 bits per heavy atom. The maximum Gasteiger partial charge on any atom is 0.240 e. The van der Waals surface area contributed by atoms with E-state index in [4.69, 9.17) is 5.73 Å². The highest BCUT2D eigenvalue weighted by molar-refractivity contribution is 7.13. The molecule has 1 fully saturated rings. The third kappa shape index (κ3) is 5.45. The molecule has 2 aromatic rings. The summed E-state index contributed by atoms with van der Waals surface area (Å²) in [4.78, 5) is 32.9. The minimum Gasteiger partial charge on any atom is -0.391 e. The van der Waals surface area contributed by atoms with E-state index < -0.39 is 23.6 Å². The molecule has 4 atom stereocenters. The van der Waals surface area contributed by atoms with Crippen molar-refractivity contribution in [3.8, 4) is 10.4 Å². The van der Waals surface area contributed by atoms with Crippen molar-refractivity contribution in [2.24, 2.45) is 11.1 Å². The van der Waals surface area contributed by atoms with E-state index in [0.29, 0.717) is 19.3 Å². The minimum absolute atomic E-state index is 0.000218. The molecule has 1 amide bonds. The Morgan fingerprint density at radius 3 is 2.50 bits per heavy atom. The summed E-state index contributed by atoms with van der Waals surface area (Å²) in [6.45, 7) is 10.0. The average molecular weight is 458 g/mol. The van der Waals surface area contributed by atoms with Gasteiger partial charge in [0.25, 0.3) is 0 Å². The van der Waals surface area contributed by atoms with Gasteiger partial charge in [-0.25, -0.2) is 4.98 Å². The number of aromatic nitrogens is 1. The molecule has 1 aromatic heterocycles. The molecule has 2 heterocycles. The normalized spacial score (nSPS) is 20.9. The fourth-order valence-electron chi connectivity index (χ4n) is 4.15. The molecular formula is C25H35N3O3S. The number of carbonyl (C=O) groups excluding carboxylic acids is 2. The zero-order valence-corrected chi connectivity index (χ0v) is 20.5. The number of β-amino-alcohol motifs (C(OH)–C–C–N with tert-alkyl or cyclic N) is 1. The first-order valence-electron chi connectivity index (χ1n) is 11.3. The number of amides is 1. The van der Waals surface area contributed by atoms with Crippen molar-refractivity contribution in [2.75, 3.05) is 6.54 Å². The first-order chi connectivity index (χ1) is 15.0. The number of aliphatic hydroxyl groups is 1. The number of aliphatic hydroxyl groups excluding tert-OH is 1. The fourth-order valence-corrected chi connectivity index (χ4v) is 4.96. The van der Waals surface area contributed by atoms with Crippen molar-refractivity contribution in [3.63, 3.8) is 0 Å². The summed E-state index contributed by atoms with van der Waals surface area (Å²) in [7, 11) is 0. The minimum atomic E-state index is -0.706. The first kappa shape index (κ1) is 24.6. The average Bonchev–Trinajstić information content (AvgIpc) is 3.35. The van der Waals surface area contributed by atoms with Gasteiger partial charge in [0.15, 0.2) is 5.78 Å². The zero-order chi connectivity index (χ0) is 23.6. The van der Waals surface area contributed by atoms with Crippen molar-refractivity contribution in [3.05, 3.63) is 41.0 Å². The van der Waals surface area contributed by atoms with Crippen LogP contribution in [-0.2, 0) is 9.59 Å². The molecular weight excluding hydrogens is 422 g/mol. The monoisotopic (exact) mass is 457 g/mol. The number of likely N-dealkylation sites (tertiary alicyclic amines) is 1. The number of Topliss-reactive ketones (excluding diaryl/α,β-unsaturated/α-hetero) is 1. The van der Waals surface area contributed by atoms with Gasteiger partial charge in [0, 0.05) is 19.4 Å². The van der Waals surface area contributed by atoms with Crippen LogP contribution in [0, 0.1) is 12.3 Å². The van der Waals surface area contributed by atoms with Gasteiger partial charge in [0.05, 0.1) is 34.3 Å². The van der Waals surface area contributed by atoms with Crippen molar-refractivity contribution in [1.82, 2.24) is 9.88 Å². The number of hydrogen-bond donors (Lipinski definition) is 2. The van der Waals surface area contributed by atoms with Gasteiger partial charge in [-0.2, -0.15) is 0 Å². The topological polar surface area (TPSA) is 96.5 Å². The van der Waals surface area contributed by atoms with Gasteiger partial charge in [0.2, 0.25) is 5.91 Å². The van der Waals surface area contributed by atoms with Crippen molar-refractivity contribution in [1.29, 1.82) is 0 Å². The molecule has 0 unspecified atom stereocenters. The molecule has 7 heteroatoms. The molecule has 1 aliphatic heterocycles. The molecule has 174 valence electrons. The standard InChI is InChI=1S/C25H35N3O3S/c1-15(17-7-9-18(10-8-17)22-16(2)27-14-32-22)6-11-21(30)20-12-19(29)13-28(20)24(31)23(26)25(3,4)5/h7-10,14-15,19-20,23,29H,6,11-13,26H2,1-5H3/t15-,19-,20+,23-/m1/s1. The number of carbonyl (C=O) groups is 2. The zero-order valence-electron chi connectivity index (χ0n) is 19.7. The molecule has 6 nitrogen and oxygen atoms in total. The summed E-state index contributed by atoms with van der Waals surface area (Å²) >= 11 is 1.63. The van der Waals surface area contributed by atoms with Crippen LogP contribution < -0.4 is 5.73 Å². The highest BCUT2D eigenvalue weighted by Gasteiger charge is 2.42. The predicted octanol–water partition coefficient (Wildman–Crippen LogP) is 3.91. The van der Waals surface area contributed by atoms with Gasteiger partial charge in [-0.15, -0.1) is 11.3 Å². The van der Waals surface area contributed by atoms with E-state index in [1.54, 1.807) is 11.3 Å². The van der Waals surface area contributed by atoms with Crippen LogP contribution in [0.4, 0.5) is 0 Å². The molecule has 0 bridgehead atoms. The third-order valence-electron chi connectivity index (χ3n) is 6.44. The summed E-state index contributed by atoms with van der Waals surface area (Å²) in [6, 6.07) is 7.14. The SMILES string of the molecule is Cc1ncsc1-c1ccc([C@H](C)CCC(=O)[C@@H]2C[C@@H](O)CN2C(=O)[C@@H](N)C(C)(C)C)cc1. The van der Waals surface area contributed by atoms with Crippen LogP contribution in [0.2, 0.25) is 0 Å². The fraction of sp³-hybridized carbons (Fsp3) is 0.560. The van der Waals surface area contributed by atoms with E-state index in [9.17, 15) is 14.7 Å². The van der Waals surface area contributed by atoms with Crippen LogP contribution in [0.15, 0.2) is 29.8 Å². The van der Waals surface area contributed by atoms with Gasteiger partial charge in [-0.1, -0.05) is 52.0 Å². The summed E-state index contributed by atoms with van der Waals surface area (Å²) in [6.07, 6.45) is 0.666. The van der Waals surface area contributed by atoms with Gasteiger partial charge < -0.3 is 15.7 Å². The summed E-state index contributed by atoms with van der Waals surface area (Å²) in [5.41, 5.74) is 11.0. The van der Waals surface area contributed by atoms with Gasteiger partial charge in [-0.05, 0) is 35.8 Å². The summed E-state index contributed by atoms with van der Waals surface area (Å²) in [5.74, 6) is -0.0444. The number of thiazole rings is 1. The number of nitrogens with two attached hydrogens (primary N) is 1. The Bertz CT molecular complexity index is 948. The van der Waals surface area contributed by atoms with E-state index in [2.05, 4.69) is 36.2 Å². The maximum atomic E-state index is 13.0. The second-order valence-corrected chi connectivity index (χ2v) is 10.9.